The van der Waals surface area contributed by atoms with Crippen LogP contribution >= 0.6 is 0 Å². The summed E-state index contributed by atoms with van der Waals surface area (Å²) in [6, 6.07) is 9.68. The van der Waals surface area contributed by atoms with Gasteiger partial charge in [0.1, 0.15) is 6.10 Å². The molecule has 1 heterocycles. The molecule has 0 radical (unpaired) electrons. The Hall–Kier alpha value is -0.670. The maximum absolute atomic E-state index is 12.6. The third-order valence-corrected chi connectivity index (χ3v) is 5.58. The van der Waals surface area contributed by atoms with E-state index >= 15 is 0 Å². The zero-order chi connectivity index (χ0) is 13.0. The van der Waals surface area contributed by atoms with Crippen molar-refractivity contribution in [2.45, 2.75) is 61.9 Å². The average Bonchev–Trinajstić information content (AvgIpc) is 3.14. The van der Waals surface area contributed by atoms with Crippen LogP contribution in [-0.2, 0) is 15.5 Å². The molecule has 100 valence electrons. The Morgan fingerprint density at radius 1 is 1.22 bits per heavy atom. The molecule has 1 aromatic rings. The lowest BCUT2D eigenvalue weighted by Gasteiger charge is -2.10. The van der Waals surface area contributed by atoms with E-state index in [0.29, 0.717) is 0 Å². The van der Waals surface area contributed by atoms with Gasteiger partial charge in [-0.2, -0.15) is 0 Å². The number of hydrogen-bond acceptors (Lipinski definition) is 2. The highest BCUT2D eigenvalue weighted by Gasteiger charge is 2.59. The summed E-state index contributed by atoms with van der Waals surface area (Å²) in [6.45, 7) is 4.27. The second-order valence-corrected chi connectivity index (χ2v) is 6.55. The number of ether oxygens (including phenoxy) is 1. The number of hydrogen-bond donors (Lipinski definition) is 0. The van der Waals surface area contributed by atoms with Gasteiger partial charge in [0.2, 0.25) is 0 Å². The van der Waals surface area contributed by atoms with E-state index in [-0.39, 0.29) is 6.10 Å². The SMILES string of the molecule is CCCCCC1OC1(CC)S(=O)c1ccccc1. The van der Waals surface area contributed by atoms with Gasteiger partial charge in [0, 0.05) is 4.90 Å². The minimum atomic E-state index is -1.04. The van der Waals surface area contributed by atoms with Crippen molar-refractivity contribution in [3.8, 4) is 0 Å². The first-order chi connectivity index (χ1) is 8.74. The fourth-order valence-electron chi connectivity index (χ4n) is 2.41. The molecule has 1 aliphatic rings. The van der Waals surface area contributed by atoms with Crippen LogP contribution in [0.15, 0.2) is 35.2 Å². The summed E-state index contributed by atoms with van der Waals surface area (Å²) in [7, 11) is -1.04. The number of benzene rings is 1. The van der Waals surface area contributed by atoms with E-state index in [2.05, 4.69) is 13.8 Å². The van der Waals surface area contributed by atoms with Crippen molar-refractivity contribution in [3.63, 3.8) is 0 Å². The van der Waals surface area contributed by atoms with Crippen LogP contribution in [-0.4, -0.2) is 15.2 Å². The number of epoxide rings is 1. The molecule has 0 saturated carbocycles. The lowest BCUT2D eigenvalue weighted by Crippen LogP contribution is -2.21. The van der Waals surface area contributed by atoms with Gasteiger partial charge < -0.3 is 4.74 Å². The molecule has 3 unspecified atom stereocenters. The molecule has 1 aromatic carbocycles. The Labute approximate surface area is 112 Å². The van der Waals surface area contributed by atoms with Crippen LogP contribution in [0.1, 0.15) is 46.0 Å². The highest BCUT2D eigenvalue weighted by molar-refractivity contribution is 7.86. The molecule has 0 bridgehead atoms. The highest BCUT2D eigenvalue weighted by atomic mass is 32.2. The van der Waals surface area contributed by atoms with Crippen molar-refractivity contribution in [1.82, 2.24) is 0 Å². The molecule has 2 rings (SSSR count). The van der Waals surface area contributed by atoms with Crippen molar-refractivity contribution >= 4 is 10.8 Å². The van der Waals surface area contributed by atoms with Crippen LogP contribution < -0.4 is 0 Å². The van der Waals surface area contributed by atoms with E-state index in [1.807, 2.05) is 30.3 Å². The molecule has 3 atom stereocenters. The molecular formula is C15H22O2S. The molecule has 18 heavy (non-hydrogen) atoms. The summed E-state index contributed by atoms with van der Waals surface area (Å²) >= 11 is 0. The topological polar surface area (TPSA) is 29.6 Å². The van der Waals surface area contributed by atoms with Crippen molar-refractivity contribution < 1.29 is 8.95 Å². The second-order valence-electron chi connectivity index (χ2n) is 4.85. The molecule has 0 aromatic heterocycles. The van der Waals surface area contributed by atoms with Crippen LogP contribution in [0.3, 0.4) is 0 Å². The summed E-state index contributed by atoms with van der Waals surface area (Å²) in [5.74, 6) is 0. The van der Waals surface area contributed by atoms with Crippen LogP contribution in [0, 0.1) is 0 Å². The Bertz CT molecular complexity index is 404. The molecule has 0 aliphatic carbocycles. The molecule has 0 amide bonds. The van der Waals surface area contributed by atoms with Crippen molar-refractivity contribution in [2.75, 3.05) is 0 Å². The van der Waals surface area contributed by atoms with E-state index in [1.165, 1.54) is 19.3 Å². The van der Waals surface area contributed by atoms with Crippen molar-refractivity contribution in [1.29, 1.82) is 0 Å². The molecule has 0 N–H and O–H groups in total. The minimum absolute atomic E-state index is 0.190. The zero-order valence-electron chi connectivity index (χ0n) is 11.2. The Morgan fingerprint density at radius 3 is 2.56 bits per heavy atom. The molecule has 0 spiro atoms. The van der Waals surface area contributed by atoms with Crippen LogP contribution in [0.5, 0.6) is 0 Å². The predicted octanol–water partition coefficient (Wildman–Crippen LogP) is 3.88. The normalized spacial score (nSPS) is 28.0. The van der Waals surface area contributed by atoms with Gasteiger partial charge in [-0.3, -0.25) is 4.21 Å². The Kier molecular flexibility index (Phi) is 4.57. The monoisotopic (exact) mass is 266 g/mol. The third-order valence-electron chi connectivity index (χ3n) is 3.61. The van der Waals surface area contributed by atoms with Crippen LogP contribution in [0.25, 0.3) is 0 Å². The molecule has 2 nitrogen and oxygen atoms in total. The van der Waals surface area contributed by atoms with Gasteiger partial charge in [-0.15, -0.1) is 0 Å². The fraction of sp³-hybridized carbons (Fsp3) is 0.600. The zero-order valence-corrected chi connectivity index (χ0v) is 12.0. The molecular weight excluding hydrogens is 244 g/mol. The average molecular weight is 266 g/mol. The number of unbranched alkanes of at least 4 members (excludes halogenated alkanes) is 2. The largest absolute Gasteiger partial charge is 0.351 e. The van der Waals surface area contributed by atoms with Crippen molar-refractivity contribution in [3.05, 3.63) is 30.3 Å². The Morgan fingerprint density at radius 2 is 1.94 bits per heavy atom. The standard InChI is InChI=1S/C15H22O2S/c1-3-5-7-12-14-15(4-2,17-14)18(16)13-10-8-6-9-11-13/h6,8-11,14H,3-5,7,12H2,1-2H3. The second kappa shape index (κ2) is 5.98. The summed E-state index contributed by atoms with van der Waals surface area (Å²) < 4.78 is 18.4. The smallest absolute Gasteiger partial charge is 0.173 e. The lowest BCUT2D eigenvalue weighted by molar-refractivity contribution is 0.337. The summed E-state index contributed by atoms with van der Waals surface area (Å²) in [4.78, 5) is 0.479. The van der Waals surface area contributed by atoms with Gasteiger partial charge in [-0.1, -0.05) is 51.3 Å². The predicted molar refractivity (Wildman–Crippen MR) is 74.9 cm³/mol. The number of rotatable bonds is 7. The summed E-state index contributed by atoms with van der Waals surface area (Å²) in [6.07, 6.45) is 5.68. The maximum Gasteiger partial charge on any atom is 0.173 e. The lowest BCUT2D eigenvalue weighted by atomic mass is 10.1. The van der Waals surface area contributed by atoms with Crippen molar-refractivity contribution in [2.24, 2.45) is 0 Å². The minimum Gasteiger partial charge on any atom is -0.351 e. The van der Waals surface area contributed by atoms with E-state index in [4.69, 9.17) is 4.74 Å². The van der Waals surface area contributed by atoms with Gasteiger partial charge in [0.15, 0.2) is 4.93 Å². The van der Waals surface area contributed by atoms with E-state index in [1.54, 1.807) is 0 Å². The van der Waals surface area contributed by atoms with Gasteiger partial charge in [-0.05, 0) is 25.0 Å². The summed E-state index contributed by atoms with van der Waals surface area (Å²) in [5, 5.41) is 0. The molecule has 3 heteroatoms. The third kappa shape index (κ3) is 2.67. The van der Waals surface area contributed by atoms with Crippen LogP contribution in [0.4, 0.5) is 0 Å². The van der Waals surface area contributed by atoms with Gasteiger partial charge in [0.25, 0.3) is 0 Å². The van der Waals surface area contributed by atoms with Gasteiger partial charge in [0.05, 0.1) is 10.8 Å². The van der Waals surface area contributed by atoms with E-state index < -0.39 is 15.7 Å². The van der Waals surface area contributed by atoms with E-state index in [0.717, 1.165) is 17.7 Å². The first-order valence-electron chi connectivity index (χ1n) is 6.89. The van der Waals surface area contributed by atoms with Crippen LogP contribution in [0.2, 0.25) is 0 Å². The Balaban J connectivity index is 2.00. The first kappa shape index (κ1) is 13.8. The maximum atomic E-state index is 12.6. The fourth-order valence-corrected chi connectivity index (χ4v) is 4.04. The molecule has 1 fully saturated rings. The van der Waals surface area contributed by atoms with E-state index in [9.17, 15) is 4.21 Å². The molecule has 1 aliphatic heterocycles. The summed E-state index contributed by atoms with van der Waals surface area (Å²) in [5.41, 5.74) is 0. The van der Waals surface area contributed by atoms with Gasteiger partial charge >= 0.3 is 0 Å². The highest BCUT2D eigenvalue weighted by Crippen LogP contribution is 2.47. The molecule has 1 saturated heterocycles. The quantitative estimate of drug-likeness (QED) is 0.553. The van der Waals surface area contributed by atoms with Gasteiger partial charge in [-0.25, -0.2) is 0 Å². The first-order valence-corrected chi connectivity index (χ1v) is 8.04.